The van der Waals surface area contributed by atoms with Gasteiger partial charge in [0.05, 0.1) is 11.8 Å². The van der Waals surface area contributed by atoms with Gasteiger partial charge in [-0.05, 0) is 37.5 Å². The summed E-state index contributed by atoms with van der Waals surface area (Å²) in [7, 11) is 0. The van der Waals surface area contributed by atoms with Crippen molar-refractivity contribution in [1.82, 2.24) is 10.5 Å². The molecule has 8 heteroatoms. The lowest BCUT2D eigenvalue weighted by molar-refractivity contribution is -0.125. The van der Waals surface area contributed by atoms with Crippen LogP contribution in [0.4, 0.5) is 5.82 Å². The van der Waals surface area contributed by atoms with Crippen LogP contribution in [0.5, 0.6) is 0 Å². The first-order chi connectivity index (χ1) is 11.9. The highest BCUT2D eigenvalue weighted by molar-refractivity contribution is 6.35. The predicted molar refractivity (Wildman–Crippen MR) is 94.6 cm³/mol. The third-order valence-corrected chi connectivity index (χ3v) is 4.64. The maximum atomic E-state index is 12.1. The molecule has 1 aromatic heterocycles. The molecule has 1 aliphatic rings. The molecule has 0 spiro atoms. The third-order valence-electron chi connectivity index (χ3n) is 4.05. The molecular formula is C17H17Cl2N3O3. The Bertz CT molecular complexity index is 806. The maximum Gasteiger partial charge on any atom is 0.229 e. The Morgan fingerprint density at radius 2 is 2.00 bits per heavy atom. The molecule has 1 heterocycles. The third kappa shape index (κ3) is 4.52. The van der Waals surface area contributed by atoms with Crippen LogP contribution >= 0.6 is 23.2 Å². The zero-order valence-corrected chi connectivity index (χ0v) is 15.0. The first-order valence-corrected chi connectivity index (χ1v) is 8.65. The summed E-state index contributed by atoms with van der Waals surface area (Å²) in [6.07, 6.45) is 1.14. The smallest absolute Gasteiger partial charge is 0.229 e. The number of carbonyl (C=O) groups excluding carboxylic acids is 2. The van der Waals surface area contributed by atoms with Crippen molar-refractivity contribution in [2.24, 2.45) is 11.8 Å². The van der Waals surface area contributed by atoms with E-state index < -0.39 is 0 Å². The molecule has 3 rings (SSSR count). The van der Waals surface area contributed by atoms with Gasteiger partial charge in [0.25, 0.3) is 0 Å². The molecule has 0 bridgehead atoms. The Balaban J connectivity index is 1.43. The fourth-order valence-corrected chi connectivity index (χ4v) is 3.10. The van der Waals surface area contributed by atoms with Crippen LogP contribution in [0, 0.1) is 18.8 Å². The average molecular weight is 382 g/mol. The predicted octanol–water partition coefficient (Wildman–Crippen LogP) is 3.22. The number of aryl methyl sites for hydroxylation is 1. The van der Waals surface area contributed by atoms with E-state index in [1.165, 1.54) is 0 Å². The van der Waals surface area contributed by atoms with Crippen molar-refractivity contribution in [2.75, 3.05) is 11.9 Å². The first kappa shape index (κ1) is 17.8. The number of nitrogens with zero attached hydrogens (tertiary/aromatic N) is 1. The van der Waals surface area contributed by atoms with E-state index in [0.717, 1.165) is 5.56 Å². The molecule has 25 heavy (non-hydrogen) atoms. The van der Waals surface area contributed by atoms with Crippen LogP contribution in [0.25, 0.3) is 0 Å². The number of hydrogen-bond donors (Lipinski definition) is 2. The van der Waals surface area contributed by atoms with Gasteiger partial charge in [-0.2, -0.15) is 0 Å². The van der Waals surface area contributed by atoms with Gasteiger partial charge in [-0.1, -0.05) is 34.4 Å². The molecule has 2 amide bonds. The molecule has 0 aliphatic heterocycles. The van der Waals surface area contributed by atoms with Gasteiger partial charge in [-0.25, -0.2) is 0 Å². The van der Waals surface area contributed by atoms with E-state index in [1.807, 2.05) is 6.07 Å². The zero-order chi connectivity index (χ0) is 18.0. The summed E-state index contributed by atoms with van der Waals surface area (Å²) in [6.45, 7) is 2.19. The molecule has 6 nitrogen and oxygen atoms in total. The van der Waals surface area contributed by atoms with Crippen molar-refractivity contribution in [3.8, 4) is 0 Å². The number of amides is 2. The largest absolute Gasteiger partial charge is 0.360 e. The minimum Gasteiger partial charge on any atom is -0.360 e. The van der Waals surface area contributed by atoms with Crippen LogP contribution in [-0.4, -0.2) is 23.5 Å². The summed E-state index contributed by atoms with van der Waals surface area (Å²) in [4.78, 5) is 24.2. The van der Waals surface area contributed by atoms with Crippen molar-refractivity contribution < 1.29 is 14.1 Å². The fraction of sp³-hybridized carbons (Fsp3) is 0.353. The topological polar surface area (TPSA) is 84.2 Å². The van der Waals surface area contributed by atoms with Crippen molar-refractivity contribution in [2.45, 2.75) is 19.8 Å². The van der Waals surface area contributed by atoms with E-state index in [4.69, 9.17) is 27.7 Å². The van der Waals surface area contributed by atoms with Crippen LogP contribution in [0.3, 0.4) is 0 Å². The standard InChI is InChI=1S/C17H17Cl2N3O3/c1-9-6-15(22-25-9)21-17(24)13-8-12(13)16(23)20-5-4-10-2-3-11(18)7-14(10)19/h2-3,6-7,12-13H,4-5,8H2,1H3,(H,20,23)(H,21,22,24). The van der Waals surface area contributed by atoms with E-state index in [9.17, 15) is 9.59 Å². The average Bonchev–Trinajstić information content (AvgIpc) is 3.26. The highest BCUT2D eigenvalue weighted by atomic mass is 35.5. The second kappa shape index (κ2) is 7.45. The number of hydrogen-bond acceptors (Lipinski definition) is 4. The number of halogens is 2. The summed E-state index contributed by atoms with van der Waals surface area (Å²) in [5.41, 5.74) is 0.915. The number of anilines is 1. The molecule has 1 saturated carbocycles. The van der Waals surface area contributed by atoms with Gasteiger partial charge in [-0.15, -0.1) is 0 Å². The summed E-state index contributed by atoms with van der Waals surface area (Å²) in [6, 6.07) is 6.90. The molecule has 0 radical (unpaired) electrons. The van der Waals surface area contributed by atoms with Crippen LogP contribution in [0.15, 0.2) is 28.8 Å². The monoisotopic (exact) mass is 381 g/mol. The van der Waals surface area contributed by atoms with Gasteiger partial charge < -0.3 is 15.2 Å². The fourth-order valence-electron chi connectivity index (χ4n) is 2.59. The molecule has 2 N–H and O–H groups in total. The lowest BCUT2D eigenvalue weighted by Crippen LogP contribution is -2.29. The Hall–Kier alpha value is -2.05. The second-order valence-electron chi connectivity index (χ2n) is 6.04. The number of rotatable bonds is 6. The Kier molecular flexibility index (Phi) is 5.30. The normalized spacial score (nSPS) is 18.7. The van der Waals surface area contributed by atoms with Crippen LogP contribution in [-0.2, 0) is 16.0 Å². The molecular weight excluding hydrogens is 365 g/mol. The van der Waals surface area contributed by atoms with E-state index >= 15 is 0 Å². The summed E-state index contributed by atoms with van der Waals surface area (Å²) >= 11 is 12.0. The molecule has 1 aromatic carbocycles. The molecule has 2 unspecified atom stereocenters. The highest BCUT2D eigenvalue weighted by Gasteiger charge is 2.48. The van der Waals surface area contributed by atoms with Gasteiger partial charge >= 0.3 is 0 Å². The number of carbonyl (C=O) groups is 2. The molecule has 2 aromatic rings. The molecule has 2 atom stereocenters. The minimum atomic E-state index is -0.323. The zero-order valence-electron chi connectivity index (χ0n) is 13.5. The van der Waals surface area contributed by atoms with Gasteiger partial charge in [0.2, 0.25) is 11.8 Å². The molecule has 1 aliphatic carbocycles. The lowest BCUT2D eigenvalue weighted by Gasteiger charge is -2.07. The van der Waals surface area contributed by atoms with Crippen LogP contribution < -0.4 is 10.6 Å². The SMILES string of the molecule is Cc1cc(NC(=O)C2CC2C(=O)NCCc2ccc(Cl)cc2Cl)no1. The Labute approximate surface area is 154 Å². The Morgan fingerprint density at radius 1 is 1.24 bits per heavy atom. The van der Waals surface area contributed by atoms with Gasteiger partial charge in [-0.3, -0.25) is 9.59 Å². The van der Waals surface area contributed by atoms with E-state index in [2.05, 4.69) is 15.8 Å². The second-order valence-corrected chi connectivity index (χ2v) is 6.88. The Morgan fingerprint density at radius 3 is 2.68 bits per heavy atom. The van der Waals surface area contributed by atoms with Crippen molar-refractivity contribution >= 4 is 40.8 Å². The number of aromatic nitrogens is 1. The number of nitrogens with one attached hydrogen (secondary N) is 2. The van der Waals surface area contributed by atoms with Crippen molar-refractivity contribution in [1.29, 1.82) is 0 Å². The van der Waals surface area contributed by atoms with Gasteiger partial charge in [0.15, 0.2) is 5.82 Å². The number of benzene rings is 1. The van der Waals surface area contributed by atoms with E-state index in [0.29, 0.717) is 41.0 Å². The summed E-state index contributed by atoms with van der Waals surface area (Å²) in [5, 5.41) is 10.4. The summed E-state index contributed by atoms with van der Waals surface area (Å²) in [5.74, 6) is 0.0211. The van der Waals surface area contributed by atoms with Crippen molar-refractivity contribution in [3.63, 3.8) is 0 Å². The van der Waals surface area contributed by atoms with Crippen molar-refractivity contribution in [3.05, 3.63) is 45.6 Å². The van der Waals surface area contributed by atoms with E-state index in [-0.39, 0.29) is 23.7 Å². The molecule has 0 saturated heterocycles. The van der Waals surface area contributed by atoms with Gasteiger partial charge in [0.1, 0.15) is 5.76 Å². The van der Waals surface area contributed by atoms with Gasteiger partial charge in [0, 0.05) is 22.7 Å². The molecule has 132 valence electrons. The van der Waals surface area contributed by atoms with E-state index in [1.54, 1.807) is 25.1 Å². The summed E-state index contributed by atoms with van der Waals surface area (Å²) < 4.78 is 4.89. The highest BCUT2D eigenvalue weighted by Crippen LogP contribution is 2.39. The lowest BCUT2D eigenvalue weighted by atomic mass is 10.1. The maximum absolute atomic E-state index is 12.1. The van der Waals surface area contributed by atoms with Crippen LogP contribution in [0.1, 0.15) is 17.7 Å². The molecule has 1 fully saturated rings. The minimum absolute atomic E-state index is 0.124. The van der Waals surface area contributed by atoms with Crippen LogP contribution in [0.2, 0.25) is 10.0 Å². The first-order valence-electron chi connectivity index (χ1n) is 7.90. The quantitative estimate of drug-likeness (QED) is 0.804.